The molecule has 0 bridgehead atoms. The molecule has 1 aliphatic heterocycles. The van der Waals surface area contributed by atoms with E-state index in [2.05, 4.69) is 11.4 Å². The summed E-state index contributed by atoms with van der Waals surface area (Å²) in [6, 6.07) is 7.55. The Bertz CT molecular complexity index is 760. The molecule has 1 unspecified atom stereocenters. The van der Waals surface area contributed by atoms with Gasteiger partial charge < -0.3 is 9.47 Å². The first-order valence-electron chi connectivity index (χ1n) is 7.95. The third-order valence-electron chi connectivity index (χ3n) is 3.79. The largest absolute Gasteiger partial charge is 0.482 e. The Labute approximate surface area is 154 Å². The average molecular weight is 377 g/mol. The van der Waals surface area contributed by atoms with E-state index in [0.717, 1.165) is 16.8 Å². The van der Waals surface area contributed by atoms with E-state index in [1.54, 1.807) is 36.1 Å². The maximum atomic E-state index is 12.4. The van der Waals surface area contributed by atoms with Crippen LogP contribution in [0.1, 0.15) is 23.4 Å². The molecule has 0 N–H and O–H groups in total. The number of hydrogen-bond donors (Lipinski definition) is 0. The molecule has 1 aromatic carbocycles. The zero-order valence-corrected chi connectivity index (χ0v) is 15.7. The minimum Gasteiger partial charge on any atom is -0.482 e. The fraction of sp³-hybridized carbons (Fsp3) is 0.333. The Kier molecular flexibility index (Phi) is 5.65. The Hall–Kier alpha value is -1.99. The Balaban J connectivity index is 1.78. The predicted octanol–water partition coefficient (Wildman–Crippen LogP) is 3.78. The van der Waals surface area contributed by atoms with Crippen LogP contribution in [0.3, 0.4) is 0 Å². The van der Waals surface area contributed by atoms with Crippen molar-refractivity contribution < 1.29 is 19.1 Å². The summed E-state index contributed by atoms with van der Waals surface area (Å²) in [6.45, 7) is 3.90. The highest BCUT2D eigenvalue weighted by Crippen LogP contribution is 2.43. The number of carbonyl (C=O) groups is 2. The van der Waals surface area contributed by atoms with Crippen molar-refractivity contribution in [2.75, 3.05) is 23.9 Å². The van der Waals surface area contributed by atoms with Crippen LogP contribution in [0.25, 0.3) is 0 Å². The van der Waals surface area contributed by atoms with Crippen molar-refractivity contribution in [2.45, 2.75) is 19.2 Å². The number of nitrogens with zero attached hydrogens (tertiary/aromatic N) is 1. The zero-order valence-electron chi connectivity index (χ0n) is 14.1. The Morgan fingerprint density at radius 1 is 1.36 bits per heavy atom. The van der Waals surface area contributed by atoms with Gasteiger partial charge >= 0.3 is 5.97 Å². The van der Waals surface area contributed by atoms with Crippen molar-refractivity contribution in [1.29, 1.82) is 0 Å². The number of aryl methyl sites for hydroxylation is 1. The lowest BCUT2D eigenvalue weighted by molar-refractivity contribution is -0.145. The monoisotopic (exact) mass is 377 g/mol. The first kappa shape index (κ1) is 17.8. The minimum atomic E-state index is -0.395. The lowest BCUT2D eigenvalue weighted by Crippen LogP contribution is -2.28. The molecule has 1 atom stereocenters. The lowest BCUT2D eigenvalue weighted by atomic mass is 10.1. The number of benzene rings is 1. The minimum absolute atomic E-state index is 0.00347. The van der Waals surface area contributed by atoms with Gasteiger partial charge in [-0.1, -0.05) is 0 Å². The van der Waals surface area contributed by atoms with Crippen LogP contribution in [0.15, 0.2) is 35.0 Å². The summed E-state index contributed by atoms with van der Waals surface area (Å²) in [5, 5.41) is 4.11. The highest BCUT2D eigenvalue weighted by atomic mass is 32.2. The molecule has 0 spiro atoms. The quantitative estimate of drug-likeness (QED) is 0.717. The molecule has 132 valence electrons. The van der Waals surface area contributed by atoms with Crippen LogP contribution in [0.2, 0.25) is 0 Å². The highest BCUT2D eigenvalue weighted by molar-refractivity contribution is 8.00. The van der Waals surface area contributed by atoms with Gasteiger partial charge in [-0.25, -0.2) is 4.79 Å². The van der Waals surface area contributed by atoms with Gasteiger partial charge in [-0.05, 0) is 60.0 Å². The maximum Gasteiger partial charge on any atom is 0.344 e. The SMILES string of the molecule is CCOC(=O)COc1ccc(N2C(=O)CSC2c2ccsc2)c(C)c1. The van der Waals surface area contributed by atoms with E-state index in [1.807, 2.05) is 29.3 Å². The van der Waals surface area contributed by atoms with Gasteiger partial charge in [0.2, 0.25) is 5.91 Å². The fourth-order valence-electron chi connectivity index (χ4n) is 2.68. The van der Waals surface area contributed by atoms with Gasteiger partial charge in [-0.2, -0.15) is 11.3 Å². The van der Waals surface area contributed by atoms with E-state index in [9.17, 15) is 9.59 Å². The number of carbonyl (C=O) groups excluding carboxylic acids is 2. The number of hydrogen-bond acceptors (Lipinski definition) is 6. The lowest BCUT2D eigenvalue weighted by Gasteiger charge is -2.25. The van der Waals surface area contributed by atoms with Crippen LogP contribution >= 0.6 is 23.1 Å². The van der Waals surface area contributed by atoms with Gasteiger partial charge in [0.15, 0.2) is 6.61 Å². The van der Waals surface area contributed by atoms with Crippen molar-refractivity contribution in [3.8, 4) is 5.75 Å². The summed E-state index contributed by atoms with van der Waals surface area (Å²) >= 11 is 3.26. The molecule has 0 saturated carbocycles. The van der Waals surface area contributed by atoms with Gasteiger partial charge in [0.25, 0.3) is 0 Å². The molecule has 0 aliphatic carbocycles. The molecule has 1 aliphatic rings. The zero-order chi connectivity index (χ0) is 17.8. The Morgan fingerprint density at radius 3 is 2.88 bits per heavy atom. The molecule has 1 aromatic heterocycles. The van der Waals surface area contributed by atoms with Gasteiger partial charge in [0.1, 0.15) is 11.1 Å². The smallest absolute Gasteiger partial charge is 0.344 e. The number of ether oxygens (including phenoxy) is 2. The van der Waals surface area contributed by atoms with Crippen molar-refractivity contribution in [1.82, 2.24) is 0 Å². The molecule has 3 rings (SSSR count). The first-order chi connectivity index (χ1) is 12.1. The number of thioether (sulfide) groups is 1. The number of esters is 1. The molecular weight excluding hydrogens is 358 g/mol. The average Bonchev–Trinajstić information content (AvgIpc) is 3.23. The summed E-state index contributed by atoms with van der Waals surface area (Å²) < 4.78 is 10.3. The molecule has 5 nitrogen and oxygen atoms in total. The van der Waals surface area contributed by atoms with E-state index >= 15 is 0 Å². The Morgan fingerprint density at radius 2 is 2.20 bits per heavy atom. The second-order valence-electron chi connectivity index (χ2n) is 5.53. The molecule has 0 radical (unpaired) electrons. The second-order valence-corrected chi connectivity index (χ2v) is 7.37. The summed E-state index contributed by atoms with van der Waals surface area (Å²) in [5.74, 6) is 0.763. The molecule has 1 amide bonds. The maximum absolute atomic E-state index is 12.4. The number of thiophene rings is 1. The summed E-state index contributed by atoms with van der Waals surface area (Å²) in [5.41, 5.74) is 2.94. The van der Waals surface area contributed by atoms with E-state index in [4.69, 9.17) is 9.47 Å². The normalized spacial score (nSPS) is 17.0. The molecule has 1 fully saturated rings. The molecule has 1 saturated heterocycles. The third kappa shape index (κ3) is 3.99. The van der Waals surface area contributed by atoms with E-state index in [0.29, 0.717) is 18.1 Å². The van der Waals surface area contributed by atoms with E-state index < -0.39 is 5.97 Å². The van der Waals surface area contributed by atoms with Gasteiger partial charge in [-0.3, -0.25) is 9.69 Å². The molecule has 2 heterocycles. The van der Waals surface area contributed by atoms with E-state index in [1.165, 1.54) is 0 Å². The first-order valence-corrected chi connectivity index (χ1v) is 9.94. The fourth-order valence-corrected chi connectivity index (χ4v) is 4.60. The number of anilines is 1. The molecular formula is C18H19NO4S2. The van der Waals surface area contributed by atoms with Gasteiger partial charge in [-0.15, -0.1) is 11.8 Å². The third-order valence-corrected chi connectivity index (χ3v) is 5.70. The second kappa shape index (κ2) is 7.93. The van der Waals surface area contributed by atoms with Gasteiger partial charge in [0.05, 0.1) is 12.4 Å². The van der Waals surface area contributed by atoms with Crippen LogP contribution in [0.4, 0.5) is 5.69 Å². The van der Waals surface area contributed by atoms with E-state index in [-0.39, 0.29) is 17.9 Å². The van der Waals surface area contributed by atoms with Crippen LogP contribution in [0.5, 0.6) is 5.75 Å². The number of rotatable bonds is 6. The predicted molar refractivity (Wildman–Crippen MR) is 100 cm³/mol. The van der Waals surface area contributed by atoms with Crippen molar-refractivity contribution in [2.24, 2.45) is 0 Å². The van der Waals surface area contributed by atoms with Gasteiger partial charge in [0, 0.05) is 5.69 Å². The summed E-state index contributed by atoms with van der Waals surface area (Å²) in [6.07, 6.45) is 0. The van der Waals surface area contributed by atoms with Crippen molar-refractivity contribution in [3.05, 3.63) is 46.2 Å². The van der Waals surface area contributed by atoms with Crippen LogP contribution in [-0.4, -0.2) is 30.8 Å². The highest BCUT2D eigenvalue weighted by Gasteiger charge is 2.35. The van der Waals surface area contributed by atoms with Crippen LogP contribution < -0.4 is 9.64 Å². The molecule has 25 heavy (non-hydrogen) atoms. The van der Waals surface area contributed by atoms with Crippen LogP contribution in [-0.2, 0) is 14.3 Å². The van der Waals surface area contributed by atoms with Crippen molar-refractivity contribution in [3.63, 3.8) is 0 Å². The summed E-state index contributed by atoms with van der Waals surface area (Å²) in [7, 11) is 0. The van der Waals surface area contributed by atoms with Crippen LogP contribution in [0, 0.1) is 6.92 Å². The standard InChI is InChI=1S/C18H19NO4S2/c1-3-22-17(21)9-23-14-4-5-15(12(2)8-14)19-16(20)11-25-18(19)13-6-7-24-10-13/h4-8,10,18H,3,9,11H2,1-2H3. The number of amides is 1. The van der Waals surface area contributed by atoms with Crippen molar-refractivity contribution >= 4 is 40.7 Å². The molecule has 2 aromatic rings. The molecule has 7 heteroatoms. The topological polar surface area (TPSA) is 55.8 Å². The summed E-state index contributed by atoms with van der Waals surface area (Å²) in [4.78, 5) is 25.7.